The van der Waals surface area contributed by atoms with Crippen LogP contribution in [0.25, 0.3) is 5.82 Å². The Morgan fingerprint density at radius 3 is 2.30 bits per heavy atom. The molecule has 138 valence electrons. The highest BCUT2D eigenvalue weighted by Gasteiger charge is 2.22. The molecule has 1 fully saturated rings. The average Bonchev–Trinajstić information content (AvgIpc) is 3.25. The number of amides is 2. The van der Waals surface area contributed by atoms with Crippen molar-refractivity contribution in [3.63, 3.8) is 0 Å². The molecule has 9 heteroatoms. The van der Waals surface area contributed by atoms with Gasteiger partial charge in [-0.05, 0) is 42.5 Å². The molecule has 4 rings (SSSR count). The standard InChI is InChI=1S/C18H18BrN7O/c19-14-2-4-15(5-3-14)21-18(27)25-12-10-24(11-13-25)16-6-7-17(23-22-16)26-9-1-8-20-26/h1-9H,10-13H2,(H,21,27). The highest BCUT2D eigenvalue weighted by atomic mass is 79.9. The van der Waals surface area contributed by atoms with E-state index in [1.54, 1.807) is 10.9 Å². The van der Waals surface area contributed by atoms with Crippen molar-refractivity contribution in [2.45, 2.75) is 0 Å². The van der Waals surface area contributed by atoms with E-state index in [0.717, 1.165) is 16.0 Å². The first-order valence-corrected chi connectivity index (χ1v) is 9.38. The second kappa shape index (κ2) is 7.75. The second-order valence-corrected chi connectivity index (χ2v) is 7.03. The SMILES string of the molecule is O=C(Nc1ccc(Br)cc1)N1CCN(c2ccc(-n3cccn3)nn2)CC1. The van der Waals surface area contributed by atoms with Gasteiger partial charge in [-0.1, -0.05) is 15.9 Å². The molecular formula is C18H18BrN7O. The number of nitrogens with one attached hydrogen (secondary N) is 1. The molecule has 1 N–H and O–H groups in total. The number of rotatable bonds is 3. The Labute approximate surface area is 164 Å². The van der Waals surface area contributed by atoms with Crippen LogP contribution in [-0.2, 0) is 0 Å². The van der Waals surface area contributed by atoms with Crippen molar-refractivity contribution in [2.75, 3.05) is 36.4 Å². The molecule has 3 heterocycles. The lowest BCUT2D eigenvalue weighted by molar-refractivity contribution is 0.208. The van der Waals surface area contributed by atoms with Gasteiger partial charge in [-0.3, -0.25) is 0 Å². The minimum absolute atomic E-state index is 0.0860. The number of aromatic nitrogens is 4. The zero-order valence-electron chi connectivity index (χ0n) is 14.5. The van der Waals surface area contributed by atoms with Gasteiger partial charge in [0.05, 0.1) is 0 Å². The van der Waals surface area contributed by atoms with Crippen molar-refractivity contribution in [3.8, 4) is 5.82 Å². The lowest BCUT2D eigenvalue weighted by Gasteiger charge is -2.35. The van der Waals surface area contributed by atoms with Gasteiger partial charge in [0.2, 0.25) is 0 Å². The number of anilines is 2. The number of urea groups is 1. The largest absolute Gasteiger partial charge is 0.352 e. The highest BCUT2D eigenvalue weighted by Crippen LogP contribution is 2.17. The van der Waals surface area contributed by atoms with Crippen molar-refractivity contribution < 1.29 is 4.79 Å². The molecule has 1 aromatic carbocycles. The topological polar surface area (TPSA) is 79.2 Å². The first kappa shape index (κ1) is 17.5. The lowest BCUT2D eigenvalue weighted by Crippen LogP contribution is -2.50. The maximum absolute atomic E-state index is 12.4. The number of hydrogen-bond donors (Lipinski definition) is 1. The van der Waals surface area contributed by atoms with Gasteiger partial charge in [0.15, 0.2) is 11.6 Å². The number of piperazine rings is 1. The van der Waals surface area contributed by atoms with Gasteiger partial charge in [-0.25, -0.2) is 9.48 Å². The molecule has 0 radical (unpaired) electrons. The van der Waals surface area contributed by atoms with Crippen molar-refractivity contribution in [2.24, 2.45) is 0 Å². The Kier molecular flexibility index (Phi) is 5.01. The monoisotopic (exact) mass is 427 g/mol. The zero-order chi connectivity index (χ0) is 18.6. The van der Waals surface area contributed by atoms with Crippen LogP contribution in [0.15, 0.2) is 59.3 Å². The van der Waals surface area contributed by atoms with Crippen LogP contribution < -0.4 is 10.2 Å². The fraction of sp³-hybridized carbons (Fsp3) is 0.222. The minimum Gasteiger partial charge on any atom is -0.352 e. The van der Waals surface area contributed by atoms with Crippen LogP contribution in [0.1, 0.15) is 0 Å². The molecule has 27 heavy (non-hydrogen) atoms. The van der Waals surface area contributed by atoms with Gasteiger partial charge in [0.1, 0.15) is 0 Å². The van der Waals surface area contributed by atoms with E-state index in [4.69, 9.17) is 0 Å². The molecule has 1 aliphatic rings. The summed E-state index contributed by atoms with van der Waals surface area (Å²) in [5.74, 6) is 1.48. The summed E-state index contributed by atoms with van der Waals surface area (Å²) < 4.78 is 2.65. The molecule has 1 saturated heterocycles. The van der Waals surface area contributed by atoms with Crippen LogP contribution in [0.5, 0.6) is 0 Å². The smallest absolute Gasteiger partial charge is 0.321 e. The summed E-state index contributed by atoms with van der Waals surface area (Å²) in [6.45, 7) is 2.68. The first-order valence-electron chi connectivity index (χ1n) is 8.59. The molecule has 8 nitrogen and oxygen atoms in total. The molecule has 0 unspecified atom stereocenters. The summed E-state index contributed by atoms with van der Waals surface area (Å²) in [6.07, 6.45) is 3.53. The van der Waals surface area contributed by atoms with Crippen LogP contribution in [0.4, 0.5) is 16.3 Å². The van der Waals surface area contributed by atoms with Gasteiger partial charge in [0.25, 0.3) is 0 Å². The molecule has 3 aromatic rings. The maximum atomic E-state index is 12.4. The molecule has 0 aliphatic carbocycles. The molecule has 0 bridgehead atoms. The molecule has 2 amide bonds. The van der Waals surface area contributed by atoms with Crippen LogP contribution in [-0.4, -0.2) is 57.1 Å². The predicted octanol–water partition coefficient (Wildman–Crippen LogP) is 2.78. The lowest BCUT2D eigenvalue weighted by atomic mass is 10.3. The van der Waals surface area contributed by atoms with E-state index in [1.165, 1.54) is 0 Å². The summed E-state index contributed by atoms with van der Waals surface area (Å²) in [5.41, 5.74) is 0.783. The van der Waals surface area contributed by atoms with Crippen LogP contribution >= 0.6 is 15.9 Å². The number of carbonyl (C=O) groups is 1. The molecule has 0 spiro atoms. The number of carbonyl (C=O) groups excluding carboxylic acids is 1. The molecule has 1 aliphatic heterocycles. The zero-order valence-corrected chi connectivity index (χ0v) is 16.1. The number of nitrogens with zero attached hydrogens (tertiary/aromatic N) is 6. The fourth-order valence-corrected chi connectivity index (χ4v) is 3.15. The highest BCUT2D eigenvalue weighted by molar-refractivity contribution is 9.10. The van der Waals surface area contributed by atoms with Crippen LogP contribution in [0, 0.1) is 0 Å². The van der Waals surface area contributed by atoms with E-state index in [0.29, 0.717) is 32.0 Å². The summed E-state index contributed by atoms with van der Waals surface area (Å²) in [4.78, 5) is 16.4. The minimum atomic E-state index is -0.0860. The Hall–Kier alpha value is -2.94. The van der Waals surface area contributed by atoms with Gasteiger partial charge >= 0.3 is 6.03 Å². The summed E-state index contributed by atoms with van der Waals surface area (Å²) >= 11 is 3.39. The third-order valence-corrected chi connectivity index (χ3v) is 4.89. The van der Waals surface area contributed by atoms with Crippen molar-refractivity contribution >= 4 is 33.5 Å². The predicted molar refractivity (Wildman–Crippen MR) is 106 cm³/mol. The van der Waals surface area contributed by atoms with Gasteiger partial charge in [-0.15, -0.1) is 10.2 Å². The fourth-order valence-electron chi connectivity index (χ4n) is 2.89. The Morgan fingerprint density at radius 2 is 1.67 bits per heavy atom. The number of halogens is 1. The molecule has 2 aromatic heterocycles. The van der Waals surface area contributed by atoms with Crippen molar-refractivity contribution in [3.05, 3.63) is 59.3 Å². The van der Waals surface area contributed by atoms with Crippen molar-refractivity contribution in [1.82, 2.24) is 24.9 Å². The second-order valence-electron chi connectivity index (χ2n) is 6.11. The van der Waals surface area contributed by atoms with E-state index >= 15 is 0 Å². The van der Waals surface area contributed by atoms with E-state index in [2.05, 4.69) is 41.4 Å². The number of hydrogen-bond acceptors (Lipinski definition) is 5. The number of benzene rings is 1. The van der Waals surface area contributed by atoms with Crippen LogP contribution in [0.2, 0.25) is 0 Å². The average molecular weight is 428 g/mol. The molecule has 0 atom stereocenters. The molecule has 0 saturated carbocycles. The Balaban J connectivity index is 1.33. The van der Waals surface area contributed by atoms with E-state index in [1.807, 2.05) is 53.6 Å². The quantitative estimate of drug-likeness (QED) is 0.694. The van der Waals surface area contributed by atoms with E-state index in [-0.39, 0.29) is 6.03 Å². The van der Waals surface area contributed by atoms with E-state index in [9.17, 15) is 4.79 Å². The third-order valence-electron chi connectivity index (χ3n) is 4.36. The Bertz CT molecular complexity index is 888. The van der Waals surface area contributed by atoms with E-state index < -0.39 is 0 Å². The first-order chi connectivity index (χ1) is 13.2. The maximum Gasteiger partial charge on any atom is 0.321 e. The molecular weight excluding hydrogens is 410 g/mol. The van der Waals surface area contributed by atoms with Crippen molar-refractivity contribution in [1.29, 1.82) is 0 Å². The third kappa shape index (κ3) is 4.08. The normalized spacial score (nSPS) is 14.3. The summed E-state index contributed by atoms with van der Waals surface area (Å²) in [7, 11) is 0. The van der Waals surface area contributed by atoms with Crippen LogP contribution in [0.3, 0.4) is 0 Å². The Morgan fingerprint density at radius 1 is 0.963 bits per heavy atom. The van der Waals surface area contributed by atoms with Gasteiger partial charge in [-0.2, -0.15) is 5.10 Å². The summed E-state index contributed by atoms with van der Waals surface area (Å²) in [6, 6.07) is 13.1. The van der Waals surface area contributed by atoms with Gasteiger partial charge in [0, 0.05) is 48.7 Å². The summed E-state index contributed by atoms with van der Waals surface area (Å²) in [5, 5.41) is 15.6. The van der Waals surface area contributed by atoms with Gasteiger partial charge < -0.3 is 15.1 Å².